The van der Waals surface area contributed by atoms with Gasteiger partial charge in [-0.1, -0.05) is 18.2 Å². The first-order valence-corrected chi connectivity index (χ1v) is 8.49. The summed E-state index contributed by atoms with van der Waals surface area (Å²) in [5.41, 5.74) is -0.188. The highest BCUT2D eigenvalue weighted by molar-refractivity contribution is 5.42. The molecule has 0 spiro atoms. The van der Waals surface area contributed by atoms with E-state index in [1.807, 2.05) is 30.3 Å². The van der Waals surface area contributed by atoms with Gasteiger partial charge in [-0.05, 0) is 19.1 Å². The lowest BCUT2D eigenvalue weighted by molar-refractivity contribution is 0.107. The Morgan fingerprint density at radius 2 is 1.81 bits per heavy atom. The van der Waals surface area contributed by atoms with Crippen molar-refractivity contribution in [1.29, 1.82) is 0 Å². The molecule has 3 N–H and O–H groups in total. The predicted molar refractivity (Wildman–Crippen MR) is 101 cm³/mol. The van der Waals surface area contributed by atoms with Crippen LogP contribution in [0.3, 0.4) is 0 Å². The lowest BCUT2D eigenvalue weighted by Crippen LogP contribution is -2.40. The van der Waals surface area contributed by atoms with Crippen molar-refractivity contribution in [1.82, 2.24) is 14.5 Å². The molecule has 1 aromatic carbocycles. The van der Waals surface area contributed by atoms with Gasteiger partial charge < -0.3 is 20.5 Å². The number of hydrogen-bond donors (Lipinski definition) is 3. The molecule has 8 heteroatoms. The molecule has 8 nitrogen and oxygen atoms in total. The standard InChI is InChI=1S/C18H26N4O4/c1-13-16(21(2)18(25)22(3)17(13)24)20-10-9-19-11-14(23)12-26-15-7-5-4-6-8-15/h4-8,14,19-20,23H,9-12H2,1-3H3. The topological polar surface area (TPSA) is 97.5 Å². The molecule has 26 heavy (non-hydrogen) atoms. The number of ether oxygens (including phenoxy) is 1. The molecular weight excluding hydrogens is 336 g/mol. The first kappa shape index (κ1) is 19.7. The van der Waals surface area contributed by atoms with Gasteiger partial charge >= 0.3 is 5.69 Å². The molecule has 0 aliphatic heterocycles. The molecule has 1 aromatic heterocycles. The quantitative estimate of drug-likeness (QED) is 0.536. The van der Waals surface area contributed by atoms with Crippen LogP contribution in [0.25, 0.3) is 0 Å². The molecule has 0 bridgehead atoms. The van der Waals surface area contributed by atoms with Gasteiger partial charge in [0.15, 0.2) is 0 Å². The third-order valence-electron chi connectivity index (χ3n) is 4.05. The highest BCUT2D eigenvalue weighted by atomic mass is 16.5. The summed E-state index contributed by atoms with van der Waals surface area (Å²) < 4.78 is 7.98. The molecule has 0 fully saturated rings. The summed E-state index contributed by atoms with van der Waals surface area (Å²) in [6.45, 7) is 3.33. The van der Waals surface area contributed by atoms with E-state index in [0.717, 1.165) is 10.3 Å². The summed E-state index contributed by atoms with van der Waals surface area (Å²) in [6, 6.07) is 9.31. The molecule has 0 aliphatic rings. The number of aromatic nitrogens is 2. The summed E-state index contributed by atoms with van der Waals surface area (Å²) in [6.07, 6.45) is -0.634. The van der Waals surface area contributed by atoms with Crippen LogP contribution in [0.15, 0.2) is 39.9 Å². The molecule has 0 radical (unpaired) electrons. The Bertz CT molecular complexity index is 792. The highest BCUT2D eigenvalue weighted by Gasteiger charge is 2.11. The Hall–Kier alpha value is -2.58. The van der Waals surface area contributed by atoms with Crippen LogP contribution in [0.2, 0.25) is 0 Å². The van der Waals surface area contributed by atoms with Gasteiger partial charge in [-0.25, -0.2) is 4.79 Å². The maximum atomic E-state index is 12.0. The van der Waals surface area contributed by atoms with E-state index in [2.05, 4.69) is 10.6 Å². The SMILES string of the molecule is Cc1c(NCCNCC(O)COc2ccccc2)n(C)c(=O)n(C)c1=O. The van der Waals surface area contributed by atoms with Crippen LogP contribution in [0, 0.1) is 6.92 Å². The van der Waals surface area contributed by atoms with Crippen molar-refractivity contribution >= 4 is 5.82 Å². The molecule has 2 rings (SSSR count). The van der Waals surface area contributed by atoms with Gasteiger partial charge in [0, 0.05) is 33.7 Å². The molecule has 142 valence electrons. The fourth-order valence-corrected chi connectivity index (χ4v) is 2.57. The largest absolute Gasteiger partial charge is 0.491 e. The fraction of sp³-hybridized carbons (Fsp3) is 0.444. The number of benzene rings is 1. The van der Waals surface area contributed by atoms with E-state index in [-0.39, 0.29) is 17.9 Å². The van der Waals surface area contributed by atoms with Crippen LogP contribution in [-0.2, 0) is 14.1 Å². The Morgan fingerprint density at radius 3 is 2.50 bits per heavy atom. The number of rotatable bonds is 9. The summed E-state index contributed by atoms with van der Waals surface area (Å²) in [5.74, 6) is 1.23. The molecule has 1 unspecified atom stereocenters. The number of aliphatic hydroxyl groups is 1. The molecule has 0 saturated carbocycles. The third kappa shape index (κ3) is 4.96. The van der Waals surface area contributed by atoms with Gasteiger partial charge in [-0.3, -0.25) is 13.9 Å². The Labute approximate surface area is 152 Å². The molecular formula is C18H26N4O4. The van der Waals surface area contributed by atoms with Crippen molar-refractivity contribution in [2.24, 2.45) is 14.1 Å². The number of anilines is 1. The van der Waals surface area contributed by atoms with Crippen LogP contribution in [0.5, 0.6) is 5.75 Å². The van der Waals surface area contributed by atoms with Crippen molar-refractivity contribution in [2.45, 2.75) is 13.0 Å². The van der Waals surface area contributed by atoms with Crippen molar-refractivity contribution in [3.05, 3.63) is 56.7 Å². The summed E-state index contributed by atoms with van der Waals surface area (Å²) in [4.78, 5) is 23.9. The van der Waals surface area contributed by atoms with E-state index in [0.29, 0.717) is 31.0 Å². The normalized spacial score (nSPS) is 12.0. The molecule has 1 heterocycles. The summed E-state index contributed by atoms with van der Waals surface area (Å²) in [5, 5.41) is 16.1. The first-order valence-electron chi connectivity index (χ1n) is 8.49. The fourth-order valence-electron chi connectivity index (χ4n) is 2.57. The van der Waals surface area contributed by atoms with Gasteiger partial charge in [0.05, 0.1) is 5.56 Å². The minimum absolute atomic E-state index is 0.201. The minimum atomic E-state index is -0.634. The van der Waals surface area contributed by atoms with Crippen molar-refractivity contribution < 1.29 is 9.84 Å². The second-order valence-corrected chi connectivity index (χ2v) is 6.09. The highest BCUT2D eigenvalue weighted by Crippen LogP contribution is 2.08. The zero-order valence-corrected chi connectivity index (χ0v) is 15.4. The first-order chi connectivity index (χ1) is 12.4. The Balaban J connectivity index is 1.74. The lowest BCUT2D eigenvalue weighted by Gasteiger charge is -2.16. The molecule has 2 aromatic rings. The lowest BCUT2D eigenvalue weighted by atomic mass is 10.3. The number of para-hydroxylation sites is 1. The zero-order valence-electron chi connectivity index (χ0n) is 15.4. The monoisotopic (exact) mass is 362 g/mol. The van der Waals surface area contributed by atoms with Gasteiger partial charge in [0.1, 0.15) is 24.3 Å². The van der Waals surface area contributed by atoms with Gasteiger partial charge in [0.2, 0.25) is 0 Å². The number of nitrogens with zero attached hydrogens (tertiary/aromatic N) is 2. The van der Waals surface area contributed by atoms with E-state index < -0.39 is 6.10 Å². The molecule has 1 atom stereocenters. The van der Waals surface area contributed by atoms with Gasteiger partial charge in [0.25, 0.3) is 5.56 Å². The van der Waals surface area contributed by atoms with E-state index in [4.69, 9.17) is 4.74 Å². The Kier molecular flexibility index (Phi) is 6.99. The molecule has 0 amide bonds. The Morgan fingerprint density at radius 1 is 1.12 bits per heavy atom. The smallest absolute Gasteiger partial charge is 0.332 e. The minimum Gasteiger partial charge on any atom is -0.491 e. The van der Waals surface area contributed by atoms with Crippen LogP contribution in [0.1, 0.15) is 5.56 Å². The predicted octanol–water partition coefficient (Wildman–Crippen LogP) is -0.166. The van der Waals surface area contributed by atoms with E-state index in [9.17, 15) is 14.7 Å². The van der Waals surface area contributed by atoms with Crippen molar-refractivity contribution in [2.75, 3.05) is 31.6 Å². The second-order valence-electron chi connectivity index (χ2n) is 6.09. The number of nitrogens with one attached hydrogen (secondary N) is 2. The van der Waals surface area contributed by atoms with Crippen LogP contribution in [-0.4, -0.2) is 46.6 Å². The van der Waals surface area contributed by atoms with Gasteiger partial charge in [-0.2, -0.15) is 0 Å². The van der Waals surface area contributed by atoms with Gasteiger partial charge in [-0.15, -0.1) is 0 Å². The maximum Gasteiger partial charge on any atom is 0.332 e. The molecule has 0 saturated heterocycles. The van der Waals surface area contributed by atoms with Crippen molar-refractivity contribution in [3.63, 3.8) is 0 Å². The van der Waals surface area contributed by atoms with Crippen LogP contribution < -0.4 is 26.6 Å². The molecule has 0 aliphatic carbocycles. The average Bonchev–Trinajstić information content (AvgIpc) is 2.66. The van der Waals surface area contributed by atoms with E-state index in [1.165, 1.54) is 11.6 Å². The van der Waals surface area contributed by atoms with E-state index in [1.54, 1.807) is 14.0 Å². The third-order valence-corrected chi connectivity index (χ3v) is 4.05. The average molecular weight is 362 g/mol. The number of aliphatic hydroxyl groups excluding tert-OH is 1. The second kappa shape index (κ2) is 9.21. The van der Waals surface area contributed by atoms with E-state index >= 15 is 0 Å². The summed E-state index contributed by atoms with van der Waals surface area (Å²) in [7, 11) is 3.08. The summed E-state index contributed by atoms with van der Waals surface area (Å²) >= 11 is 0. The maximum absolute atomic E-state index is 12.0. The van der Waals surface area contributed by atoms with Crippen LogP contribution >= 0.6 is 0 Å². The zero-order chi connectivity index (χ0) is 19.1. The number of hydrogen-bond acceptors (Lipinski definition) is 6. The van der Waals surface area contributed by atoms with Crippen molar-refractivity contribution in [3.8, 4) is 5.75 Å². The van der Waals surface area contributed by atoms with Crippen LogP contribution in [0.4, 0.5) is 5.82 Å².